The van der Waals surface area contributed by atoms with Crippen molar-refractivity contribution in [2.75, 3.05) is 66.4 Å². The van der Waals surface area contributed by atoms with Crippen LogP contribution in [0.3, 0.4) is 0 Å². The average molecular weight is 853 g/mol. The fourth-order valence-electron chi connectivity index (χ4n) is 6.68. The molecule has 334 valence electrons. The summed E-state index contributed by atoms with van der Waals surface area (Å²) >= 11 is 0. The van der Waals surface area contributed by atoms with Gasteiger partial charge in [-0.25, -0.2) is 0 Å². The summed E-state index contributed by atoms with van der Waals surface area (Å²) < 4.78 is 22.6. The van der Waals surface area contributed by atoms with Gasteiger partial charge in [0.25, 0.3) is 5.91 Å². The number of phenolic OH excluding ortho intramolecular Hbond substituents is 1. The minimum Gasteiger partial charge on any atom is -0.508 e. The number of carbonyl (C=O) groups is 3. The van der Waals surface area contributed by atoms with E-state index in [1.807, 2.05) is 98.8 Å². The monoisotopic (exact) mass is 852 g/mol. The number of phenols is 1. The van der Waals surface area contributed by atoms with Gasteiger partial charge < -0.3 is 50.4 Å². The lowest BCUT2D eigenvalue weighted by atomic mass is 9.88. The maximum absolute atomic E-state index is 12.9. The number of nitrogens with zero attached hydrogens (tertiary/aromatic N) is 1. The van der Waals surface area contributed by atoms with Crippen molar-refractivity contribution in [3.05, 3.63) is 131 Å². The zero-order valence-electron chi connectivity index (χ0n) is 36.5. The van der Waals surface area contributed by atoms with Gasteiger partial charge in [0.1, 0.15) is 36.9 Å². The average Bonchev–Trinajstić information content (AvgIpc) is 3.27. The van der Waals surface area contributed by atoms with Gasteiger partial charge in [0, 0.05) is 19.6 Å². The number of ether oxygens (including phenoxy) is 4. The Bertz CT molecular complexity index is 1960. The third kappa shape index (κ3) is 16.7. The SMILES string of the molecule is CCC(=C(c1ccc(O)cc1)c1ccc(OCCN(C)C(=O)COCCOCCOCCNC(=O)C(CC(C)C)NC(=O)C(O)C(N)Cc2ccccc2)cc1)c1ccccc1. The van der Waals surface area contributed by atoms with E-state index in [1.165, 1.54) is 5.57 Å². The van der Waals surface area contributed by atoms with E-state index in [0.29, 0.717) is 45.0 Å². The number of aromatic hydroxyl groups is 1. The molecule has 4 aromatic carbocycles. The van der Waals surface area contributed by atoms with E-state index in [0.717, 1.165) is 34.2 Å². The van der Waals surface area contributed by atoms with Gasteiger partial charge >= 0.3 is 0 Å². The van der Waals surface area contributed by atoms with E-state index >= 15 is 0 Å². The molecule has 0 aliphatic carbocycles. The Kier molecular flexibility index (Phi) is 21.1. The Labute approximate surface area is 366 Å². The van der Waals surface area contributed by atoms with Gasteiger partial charge in [-0.1, -0.05) is 106 Å². The number of hydrogen-bond donors (Lipinski definition) is 5. The molecular weight excluding hydrogens is 789 g/mol. The van der Waals surface area contributed by atoms with Crippen molar-refractivity contribution < 1.29 is 43.5 Å². The molecule has 0 aromatic heterocycles. The lowest BCUT2D eigenvalue weighted by molar-refractivity contribution is -0.135. The molecule has 6 N–H and O–H groups in total. The first-order valence-corrected chi connectivity index (χ1v) is 21.3. The summed E-state index contributed by atoms with van der Waals surface area (Å²) in [4.78, 5) is 39.8. The van der Waals surface area contributed by atoms with E-state index < -0.39 is 24.1 Å². The molecule has 4 rings (SSSR count). The van der Waals surface area contributed by atoms with Crippen LogP contribution in [0.1, 0.15) is 55.9 Å². The summed E-state index contributed by atoms with van der Waals surface area (Å²) in [5.41, 5.74) is 12.5. The third-order valence-corrected chi connectivity index (χ3v) is 10.0. The van der Waals surface area contributed by atoms with Gasteiger partial charge in [0.2, 0.25) is 11.8 Å². The molecule has 0 heterocycles. The standard InChI is InChI=1S/C49H64N4O9/c1-5-42(37-14-10-7-11-15-37)46(38-16-20-40(54)21-17-38)39-18-22-41(23-19-39)62-27-25-53(4)45(55)34-61-31-30-60-29-28-59-26-24-51-48(57)44(32-35(2)3)52-49(58)47(56)43(50)33-36-12-8-6-9-13-36/h6-23,35,43-44,47,54,56H,5,24-34,50H2,1-4H3,(H,51,57)(H,52,58). The first-order chi connectivity index (χ1) is 30.0. The van der Waals surface area contributed by atoms with E-state index in [-0.39, 0.29) is 56.5 Å². The molecule has 3 atom stereocenters. The Morgan fingerprint density at radius 3 is 1.92 bits per heavy atom. The molecule has 0 radical (unpaired) electrons. The molecule has 3 amide bonds. The van der Waals surface area contributed by atoms with Crippen LogP contribution in [0.15, 0.2) is 109 Å². The number of nitrogens with two attached hydrogens (primary N) is 1. The molecule has 13 nitrogen and oxygen atoms in total. The first-order valence-electron chi connectivity index (χ1n) is 21.3. The zero-order chi connectivity index (χ0) is 44.7. The number of allylic oxidation sites excluding steroid dienone is 1. The number of rotatable bonds is 27. The molecule has 0 bridgehead atoms. The Morgan fingerprint density at radius 2 is 1.31 bits per heavy atom. The second-order valence-electron chi connectivity index (χ2n) is 15.4. The number of hydrogen-bond acceptors (Lipinski definition) is 10. The van der Waals surface area contributed by atoms with Crippen LogP contribution < -0.4 is 21.1 Å². The minimum absolute atomic E-state index is 0.0873. The highest BCUT2D eigenvalue weighted by atomic mass is 16.5. The van der Waals surface area contributed by atoms with E-state index in [1.54, 1.807) is 24.1 Å². The molecule has 0 fully saturated rings. The maximum atomic E-state index is 12.9. The summed E-state index contributed by atoms with van der Waals surface area (Å²) in [5, 5.41) is 25.9. The number of aliphatic hydroxyl groups is 1. The van der Waals surface area contributed by atoms with E-state index in [9.17, 15) is 24.6 Å². The largest absolute Gasteiger partial charge is 0.508 e. The molecular formula is C49H64N4O9. The number of carbonyl (C=O) groups excluding carboxylic acids is 3. The van der Waals surface area contributed by atoms with Crippen molar-refractivity contribution in [2.24, 2.45) is 11.7 Å². The van der Waals surface area contributed by atoms with Crippen LogP contribution in [0.5, 0.6) is 11.5 Å². The predicted molar refractivity (Wildman–Crippen MR) is 241 cm³/mol. The highest BCUT2D eigenvalue weighted by Gasteiger charge is 2.28. The molecule has 3 unspecified atom stereocenters. The quantitative estimate of drug-likeness (QED) is 0.0394. The molecule has 0 saturated heterocycles. The highest BCUT2D eigenvalue weighted by Crippen LogP contribution is 2.35. The van der Waals surface area contributed by atoms with Crippen molar-refractivity contribution in [1.29, 1.82) is 0 Å². The van der Waals surface area contributed by atoms with Crippen molar-refractivity contribution in [2.45, 2.75) is 58.2 Å². The van der Waals surface area contributed by atoms with Crippen LogP contribution in [-0.2, 0) is 35.0 Å². The van der Waals surface area contributed by atoms with E-state index in [2.05, 4.69) is 29.7 Å². The predicted octanol–water partition coefficient (Wildman–Crippen LogP) is 5.23. The van der Waals surface area contributed by atoms with Crippen molar-refractivity contribution >= 4 is 28.9 Å². The summed E-state index contributed by atoms with van der Waals surface area (Å²) in [7, 11) is 1.70. The number of likely N-dealkylation sites (N-methyl/N-ethyl adjacent to an activating group) is 1. The topological polar surface area (TPSA) is 182 Å². The fraction of sp³-hybridized carbons (Fsp3) is 0.408. The number of benzene rings is 4. The molecule has 62 heavy (non-hydrogen) atoms. The molecule has 13 heteroatoms. The van der Waals surface area contributed by atoms with Crippen LogP contribution in [-0.4, -0.2) is 117 Å². The van der Waals surface area contributed by atoms with Gasteiger partial charge in [0.05, 0.1) is 39.6 Å². The van der Waals surface area contributed by atoms with Crippen LogP contribution in [0, 0.1) is 5.92 Å². The van der Waals surface area contributed by atoms with Crippen molar-refractivity contribution in [3.63, 3.8) is 0 Å². The molecule has 0 spiro atoms. The molecule has 0 aliphatic rings. The van der Waals surface area contributed by atoms with Crippen LogP contribution >= 0.6 is 0 Å². The summed E-state index contributed by atoms with van der Waals surface area (Å²) in [6.45, 7) is 8.20. The zero-order valence-corrected chi connectivity index (χ0v) is 36.5. The van der Waals surface area contributed by atoms with Crippen molar-refractivity contribution in [3.8, 4) is 11.5 Å². The number of nitrogens with one attached hydrogen (secondary N) is 2. The second kappa shape index (κ2) is 26.7. The van der Waals surface area contributed by atoms with Crippen LogP contribution in [0.25, 0.3) is 11.1 Å². The van der Waals surface area contributed by atoms with Crippen molar-refractivity contribution in [1.82, 2.24) is 15.5 Å². The number of aliphatic hydroxyl groups excluding tert-OH is 1. The minimum atomic E-state index is -1.47. The van der Waals surface area contributed by atoms with Gasteiger partial charge in [0.15, 0.2) is 0 Å². The fourth-order valence-corrected chi connectivity index (χ4v) is 6.68. The summed E-state index contributed by atoms with van der Waals surface area (Å²) in [6.07, 6.45) is 0.0630. The normalized spacial score (nSPS) is 13.1. The Hall–Kier alpha value is -5.57. The van der Waals surface area contributed by atoms with Gasteiger partial charge in [-0.3, -0.25) is 14.4 Å². The molecule has 0 saturated carbocycles. The van der Waals surface area contributed by atoms with E-state index in [4.69, 9.17) is 24.7 Å². The lowest BCUT2D eigenvalue weighted by Crippen LogP contribution is -2.54. The highest BCUT2D eigenvalue weighted by molar-refractivity contribution is 5.98. The molecule has 4 aromatic rings. The van der Waals surface area contributed by atoms with Crippen LogP contribution in [0.2, 0.25) is 0 Å². The molecule has 0 aliphatic heterocycles. The smallest absolute Gasteiger partial charge is 0.251 e. The summed E-state index contributed by atoms with van der Waals surface area (Å²) in [5.74, 6) is -0.213. The van der Waals surface area contributed by atoms with Crippen LogP contribution in [0.4, 0.5) is 0 Å². The summed E-state index contributed by atoms with van der Waals surface area (Å²) in [6, 6.07) is 33.1. The second-order valence-corrected chi connectivity index (χ2v) is 15.4. The number of amides is 3. The maximum Gasteiger partial charge on any atom is 0.251 e. The van der Waals surface area contributed by atoms with Gasteiger partial charge in [-0.05, 0) is 82.8 Å². The third-order valence-electron chi connectivity index (χ3n) is 10.0. The Morgan fingerprint density at radius 1 is 0.726 bits per heavy atom. The first kappa shape index (κ1) is 49.1. The lowest BCUT2D eigenvalue weighted by Gasteiger charge is -2.24. The Balaban J connectivity index is 1.07. The van der Waals surface area contributed by atoms with Gasteiger partial charge in [-0.2, -0.15) is 0 Å². The van der Waals surface area contributed by atoms with Gasteiger partial charge in [-0.15, -0.1) is 0 Å².